The number of benzene rings is 1. The van der Waals surface area contributed by atoms with Crippen LogP contribution in [0.25, 0.3) is 0 Å². The van der Waals surface area contributed by atoms with Gasteiger partial charge in [-0.05, 0) is 32.9 Å². The molecular formula is C11H14FNO2. The molecule has 0 saturated carbocycles. The third-order valence-electron chi connectivity index (χ3n) is 1.79. The lowest BCUT2D eigenvalue weighted by atomic mass is 9.97. The average Bonchev–Trinajstić information content (AvgIpc) is 2.10. The lowest BCUT2D eigenvalue weighted by molar-refractivity contribution is -0.143. The molecule has 0 saturated heterocycles. The fraction of sp³-hybridized carbons (Fsp3) is 0.364. The van der Waals surface area contributed by atoms with Gasteiger partial charge in [0.2, 0.25) is 0 Å². The van der Waals surface area contributed by atoms with Crippen LogP contribution in [0.5, 0.6) is 5.75 Å². The van der Waals surface area contributed by atoms with E-state index in [4.69, 9.17) is 10.5 Å². The molecule has 0 spiro atoms. The first-order valence-electron chi connectivity index (χ1n) is 4.58. The smallest absolute Gasteiger partial charge is 0.316 e. The highest BCUT2D eigenvalue weighted by atomic mass is 19.1. The zero-order valence-electron chi connectivity index (χ0n) is 9.00. The summed E-state index contributed by atoms with van der Waals surface area (Å²) in [4.78, 5) is 11.5. The number of nitrogen functional groups attached to an aromatic ring is 1. The maximum atomic E-state index is 13.0. The lowest BCUT2D eigenvalue weighted by Crippen LogP contribution is -2.25. The van der Waals surface area contributed by atoms with Crippen molar-refractivity contribution in [1.82, 2.24) is 0 Å². The van der Waals surface area contributed by atoms with E-state index in [0.29, 0.717) is 0 Å². The van der Waals surface area contributed by atoms with E-state index < -0.39 is 17.2 Å². The van der Waals surface area contributed by atoms with Crippen LogP contribution in [0, 0.1) is 11.2 Å². The van der Waals surface area contributed by atoms with Crippen LogP contribution < -0.4 is 10.5 Å². The summed E-state index contributed by atoms with van der Waals surface area (Å²) in [6.07, 6.45) is 0. The lowest BCUT2D eigenvalue weighted by Gasteiger charge is -2.16. The minimum Gasteiger partial charge on any atom is -0.426 e. The summed E-state index contributed by atoms with van der Waals surface area (Å²) in [7, 11) is 0. The Morgan fingerprint density at radius 2 is 2.00 bits per heavy atom. The van der Waals surface area contributed by atoms with E-state index in [9.17, 15) is 9.18 Å². The molecular weight excluding hydrogens is 197 g/mol. The molecule has 0 aliphatic carbocycles. The number of carbonyl (C=O) groups excluding carboxylic acids is 1. The molecule has 0 fully saturated rings. The fourth-order valence-corrected chi connectivity index (χ4v) is 0.831. The molecule has 3 nitrogen and oxygen atoms in total. The summed E-state index contributed by atoms with van der Waals surface area (Å²) in [6, 6.07) is 3.92. The summed E-state index contributed by atoms with van der Waals surface area (Å²) in [5.74, 6) is -0.831. The summed E-state index contributed by atoms with van der Waals surface area (Å²) in [5.41, 5.74) is 4.71. The van der Waals surface area contributed by atoms with Gasteiger partial charge >= 0.3 is 5.97 Å². The van der Waals surface area contributed by atoms with Crippen molar-refractivity contribution < 1.29 is 13.9 Å². The zero-order valence-corrected chi connectivity index (χ0v) is 9.00. The molecule has 0 amide bonds. The van der Waals surface area contributed by atoms with Crippen LogP contribution in [-0.2, 0) is 4.79 Å². The third-order valence-corrected chi connectivity index (χ3v) is 1.79. The van der Waals surface area contributed by atoms with Gasteiger partial charge in [-0.25, -0.2) is 4.39 Å². The Labute approximate surface area is 88.0 Å². The van der Waals surface area contributed by atoms with Gasteiger partial charge in [0.25, 0.3) is 0 Å². The first-order valence-corrected chi connectivity index (χ1v) is 4.58. The minimum absolute atomic E-state index is 0.0329. The highest BCUT2D eigenvalue weighted by molar-refractivity contribution is 5.77. The Hall–Kier alpha value is -1.58. The molecule has 1 aromatic carbocycles. The molecule has 0 bridgehead atoms. The van der Waals surface area contributed by atoms with Gasteiger partial charge in [-0.2, -0.15) is 0 Å². The number of nitrogens with two attached hydrogens (primary N) is 1. The van der Waals surface area contributed by atoms with Crippen molar-refractivity contribution in [1.29, 1.82) is 0 Å². The van der Waals surface area contributed by atoms with Crippen molar-refractivity contribution in [3.05, 3.63) is 24.0 Å². The molecule has 82 valence electrons. The van der Waals surface area contributed by atoms with Crippen molar-refractivity contribution in [3.8, 4) is 5.75 Å². The van der Waals surface area contributed by atoms with Crippen LogP contribution in [0.1, 0.15) is 20.8 Å². The van der Waals surface area contributed by atoms with Crippen molar-refractivity contribution in [2.24, 2.45) is 5.41 Å². The molecule has 1 aromatic rings. The zero-order chi connectivity index (χ0) is 11.6. The quantitative estimate of drug-likeness (QED) is 0.440. The Kier molecular flexibility index (Phi) is 2.98. The van der Waals surface area contributed by atoms with Gasteiger partial charge < -0.3 is 10.5 Å². The monoisotopic (exact) mass is 211 g/mol. The summed E-state index contributed by atoms with van der Waals surface area (Å²) in [6.45, 7) is 5.18. The highest BCUT2D eigenvalue weighted by Crippen LogP contribution is 2.22. The molecule has 0 aliphatic rings. The van der Waals surface area contributed by atoms with Gasteiger partial charge in [-0.15, -0.1) is 0 Å². The number of carbonyl (C=O) groups is 1. The maximum Gasteiger partial charge on any atom is 0.316 e. The van der Waals surface area contributed by atoms with Crippen LogP contribution in [0.2, 0.25) is 0 Å². The van der Waals surface area contributed by atoms with Crippen LogP contribution >= 0.6 is 0 Å². The minimum atomic E-state index is -0.613. The van der Waals surface area contributed by atoms with E-state index in [0.717, 1.165) is 6.07 Å². The first kappa shape index (κ1) is 11.5. The van der Waals surface area contributed by atoms with Gasteiger partial charge in [-0.1, -0.05) is 0 Å². The van der Waals surface area contributed by atoms with Crippen molar-refractivity contribution >= 4 is 11.7 Å². The van der Waals surface area contributed by atoms with Crippen LogP contribution in [0.15, 0.2) is 18.2 Å². The Bertz CT molecular complexity index is 383. The Morgan fingerprint density at radius 3 is 2.47 bits per heavy atom. The van der Waals surface area contributed by atoms with Crippen molar-refractivity contribution in [2.45, 2.75) is 20.8 Å². The molecule has 2 N–H and O–H groups in total. The fourth-order valence-electron chi connectivity index (χ4n) is 0.831. The second-order valence-electron chi connectivity index (χ2n) is 4.32. The van der Waals surface area contributed by atoms with E-state index in [1.165, 1.54) is 12.1 Å². The van der Waals surface area contributed by atoms with Gasteiger partial charge in [0, 0.05) is 6.07 Å². The van der Waals surface area contributed by atoms with Gasteiger partial charge in [0.05, 0.1) is 11.1 Å². The maximum absolute atomic E-state index is 13.0. The molecule has 0 atom stereocenters. The number of halogens is 1. The molecule has 15 heavy (non-hydrogen) atoms. The predicted octanol–water partition coefficient (Wildman–Crippen LogP) is 2.36. The normalized spacial score (nSPS) is 11.2. The Balaban J connectivity index is 2.83. The second-order valence-corrected chi connectivity index (χ2v) is 4.32. The number of ether oxygens (including phenoxy) is 1. The highest BCUT2D eigenvalue weighted by Gasteiger charge is 2.23. The standard InChI is InChI=1S/C11H14FNO2/c1-11(2,3)10(14)15-7-4-5-9(13)8(12)6-7/h4-6H,13H2,1-3H3. The van der Waals surface area contributed by atoms with E-state index in [-0.39, 0.29) is 11.4 Å². The molecule has 0 aliphatic heterocycles. The molecule has 0 heterocycles. The van der Waals surface area contributed by atoms with Gasteiger partial charge in [-0.3, -0.25) is 4.79 Å². The topological polar surface area (TPSA) is 52.3 Å². The summed E-state index contributed by atoms with van der Waals surface area (Å²) >= 11 is 0. The molecule has 0 aromatic heterocycles. The van der Waals surface area contributed by atoms with Gasteiger partial charge in [0.1, 0.15) is 11.6 Å². The van der Waals surface area contributed by atoms with Crippen LogP contribution in [0.3, 0.4) is 0 Å². The molecule has 4 heteroatoms. The average molecular weight is 211 g/mol. The SMILES string of the molecule is CC(C)(C)C(=O)Oc1ccc(N)c(F)c1. The summed E-state index contributed by atoms with van der Waals surface area (Å²) in [5, 5.41) is 0. The third kappa shape index (κ3) is 2.94. The van der Waals surface area contributed by atoms with E-state index in [1.807, 2.05) is 0 Å². The summed E-state index contributed by atoms with van der Waals surface area (Å²) < 4.78 is 18.0. The van der Waals surface area contributed by atoms with E-state index in [1.54, 1.807) is 20.8 Å². The number of rotatable bonds is 1. The van der Waals surface area contributed by atoms with Crippen LogP contribution in [-0.4, -0.2) is 5.97 Å². The molecule has 0 radical (unpaired) electrons. The number of esters is 1. The molecule has 1 rings (SSSR count). The van der Waals surface area contributed by atoms with Crippen molar-refractivity contribution in [3.63, 3.8) is 0 Å². The number of anilines is 1. The largest absolute Gasteiger partial charge is 0.426 e. The number of hydrogen-bond acceptors (Lipinski definition) is 3. The second kappa shape index (κ2) is 3.88. The van der Waals surface area contributed by atoms with E-state index >= 15 is 0 Å². The first-order chi connectivity index (χ1) is 6.80. The molecule has 0 unspecified atom stereocenters. The van der Waals surface area contributed by atoms with E-state index in [2.05, 4.69) is 0 Å². The number of hydrogen-bond donors (Lipinski definition) is 1. The van der Waals surface area contributed by atoms with Crippen molar-refractivity contribution in [2.75, 3.05) is 5.73 Å². The van der Waals surface area contributed by atoms with Gasteiger partial charge in [0.15, 0.2) is 0 Å². The van der Waals surface area contributed by atoms with Crippen LogP contribution in [0.4, 0.5) is 10.1 Å². The predicted molar refractivity (Wildman–Crippen MR) is 55.9 cm³/mol. The Morgan fingerprint density at radius 1 is 1.40 bits per heavy atom.